The van der Waals surface area contributed by atoms with Crippen molar-refractivity contribution < 1.29 is 5.11 Å². The first-order valence-electron chi connectivity index (χ1n) is 8.05. The number of benzene rings is 1. The molecule has 0 spiro atoms. The average Bonchev–Trinajstić information content (AvgIpc) is 2.93. The Morgan fingerprint density at radius 2 is 2.00 bits per heavy atom. The first-order chi connectivity index (χ1) is 11.9. The van der Waals surface area contributed by atoms with Crippen LogP contribution in [0.25, 0.3) is 0 Å². The number of aliphatic hydroxyl groups is 1. The molecule has 128 valence electrons. The van der Waals surface area contributed by atoms with E-state index in [1.54, 1.807) is 44.3 Å². The minimum atomic E-state index is -0.933. The number of aromatic nitrogens is 4. The Labute approximate surface area is 150 Å². The molecule has 0 fully saturated rings. The molecule has 0 atom stereocenters. The third-order valence-electron chi connectivity index (χ3n) is 4.12. The molecule has 6 nitrogen and oxygen atoms in total. The van der Waals surface area contributed by atoms with Gasteiger partial charge in [-0.25, -0.2) is 15.0 Å². The van der Waals surface area contributed by atoms with Gasteiger partial charge < -0.3 is 15.0 Å². The maximum Gasteiger partial charge on any atom is 0.163 e. The molecule has 7 heteroatoms. The highest BCUT2D eigenvalue weighted by molar-refractivity contribution is 7.99. The van der Waals surface area contributed by atoms with E-state index >= 15 is 0 Å². The van der Waals surface area contributed by atoms with Gasteiger partial charge in [0.15, 0.2) is 5.82 Å². The Bertz CT molecular complexity index is 945. The van der Waals surface area contributed by atoms with Crippen molar-refractivity contribution in [1.29, 1.82) is 0 Å². The van der Waals surface area contributed by atoms with Gasteiger partial charge >= 0.3 is 0 Å². The van der Waals surface area contributed by atoms with Crippen LogP contribution in [0.2, 0.25) is 0 Å². The van der Waals surface area contributed by atoms with E-state index in [1.165, 1.54) is 0 Å². The zero-order valence-corrected chi connectivity index (χ0v) is 15.1. The monoisotopic (exact) mass is 353 g/mol. The molecule has 0 bridgehead atoms. The average molecular weight is 353 g/mol. The fourth-order valence-corrected chi connectivity index (χ4v) is 4.05. The molecule has 0 radical (unpaired) electrons. The Kier molecular flexibility index (Phi) is 3.77. The van der Waals surface area contributed by atoms with E-state index in [2.05, 4.69) is 38.5 Å². The van der Waals surface area contributed by atoms with Crippen LogP contribution in [0, 0.1) is 6.92 Å². The molecule has 3 heterocycles. The second kappa shape index (κ2) is 5.86. The molecular formula is C18H19N5OS. The summed E-state index contributed by atoms with van der Waals surface area (Å²) in [6, 6.07) is 6.30. The van der Waals surface area contributed by atoms with E-state index in [0.717, 1.165) is 38.4 Å². The van der Waals surface area contributed by atoms with Crippen LogP contribution in [0.4, 0.5) is 11.5 Å². The normalized spacial score (nSPS) is 13.1. The molecular weight excluding hydrogens is 334 g/mol. The maximum absolute atomic E-state index is 10.4. The van der Waals surface area contributed by atoms with Crippen LogP contribution in [-0.2, 0) is 12.1 Å². The summed E-state index contributed by atoms with van der Waals surface area (Å²) in [6.07, 6.45) is 5.17. The summed E-state index contributed by atoms with van der Waals surface area (Å²) in [6.45, 7) is 6.14. The number of imidazole rings is 1. The highest BCUT2D eigenvalue weighted by Gasteiger charge is 2.24. The van der Waals surface area contributed by atoms with Crippen molar-refractivity contribution in [3.63, 3.8) is 0 Å². The van der Waals surface area contributed by atoms with E-state index in [-0.39, 0.29) is 0 Å². The van der Waals surface area contributed by atoms with Crippen molar-refractivity contribution in [3.8, 4) is 0 Å². The highest BCUT2D eigenvalue weighted by atomic mass is 32.2. The van der Waals surface area contributed by atoms with Gasteiger partial charge in [-0.15, -0.1) is 0 Å². The molecule has 1 aromatic carbocycles. The molecule has 2 N–H and O–H groups in total. The summed E-state index contributed by atoms with van der Waals surface area (Å²) in [7, 11) is 0. The number of hydrogen-bond acceptors (Lipinski definition) is 6. The van der Waals surface area contributed by atoms with Gasteiger partial charge in [0.05, 0.1) is 23.4 Å². The molecule has 1 aliphatic heterocycles. The van der Waals surface area contributed by atoms with E-state index in [1.807, 2.05) is 11.5 Å². The Balaban J connectivity index is 1.65. The second-order valence-electron chi connectivity index (χ2n) is 6.63. The molecule has 0 aliphatic carbocycles. The number of nitrogens with zero attached hydrogens (tertiary/aromatic N) is 4. The number of hydrogen-bond donors (Lipinski definition) is 2. The van der Waals surface area contributed by atoms with Crippen molar-refractivity contribution in [2.45, 2.75) is 42.8 Å². The fourth-order valence-electron chi connectivity index (χ4n) is 3.17. The lowest BCUT2D eigenvalue weighted by Crippen LogP contribution is -2.22. The van der Waals surface area contributed by atoms with Crippen molar-refractivity contribution in [3.05, 3.63) is 53.9 Å². The predicted octanol–water partition coefficient (Wildman–Crippen LogP) is 3.47. The standard InChI is InChI=1S/C18H19N5OS/c1-11-15(18(2,3)24)23(10-21-11)9-12-4-5-14-13(8-12)22-16-17(25-14)20-7-6-19-16/h4-8,10,24H,9H2,1-3H3,(H,19,22). The van der Waals surface area contributed by atoms with Crippen LogP contribution in [0.15, 0.2) is 46.8 Å². The minimum absolute atomic E-state index is 0.646. The summed E-state index contributed by atoms with van der Waals surface area (Å²) in [5.41, 5.74) is 2.91. The molecule has 3 aromatic rings. The summed E-state index contributed by atoms with van der Waals surface area (Å²) in [5.74, 6) is 0.785. The molecule has 0 unspecified atom stereocenters. The highest BCUT2D eigenvalue weighted by Crippen LogP contribution is 2.42. The third kappa shape index (κ3) is 3.01. The predicted molar refractivity (Wildman–Crippen MR) is 97.2 cm³/mol. The third-order valence-corrected chi connectivity index (χ3v) is 5.19. The zero-order valence-electron chi connectivity index (χ0n) is 14.3. The van der Waals surface area contributed by atoms with Crippen LogP contribution in [0.3, 0.4) is 0 Å². The quantitative estimate of drug-likeness (QED) is 0.587. The molecule has 4 rings (SSSR count). The van der Waals surface area contributed by atoms with Crippen LogP contribution < -0.4 is 5.32 Å². The van der Waals surface area contributed by atoms with Gasteiger partial charge in [-0.3, -0.25) is 0 Å². The van der Waals surface area contributed by atoms with Crippen LogP contribution in [0.5, 0.6) is 0 Å². The molecule has 0 amide bonds. The summed E-state index contributed by atoms with van der Waals surface area (Å²) < 4.78 is 2.00. The summed E-state index contributed by atoms with van der Waals surface area (Å²) in [4.78, 5) is 14.2. The number of nitrogens with one attached hydrogen (secondary N) is 1. The Morgan fingerprint density at radius 1 is 1.20 bits per heavy atom. The maximum atomic E-state index is 10.4. The topological polar surface area (TPSA) is 75.9 Å². The van der Waals surface area contributed by atoms with Crippen LogP contribution >= 0.6 is 11.8 Å². The SMILES string of the molecule is Cc1ncn(Cc2ccc3c(c2)Nc2nccnc2S3)c1C(C)(C)O. The molecule has 0 saturated carbocycles. The van der Waals surface area contributed by atoms with Crippen molar-refractivity contribution >= 4 is 23.3 Å². The molecule has 25 heavy (non-hydrogen) atoms. The largest absolute Gasteiger partial charge is 0.384 e. The summed E-state index contributed by atoms with van der Waals surface area (Å²) >= 11 is 1.61. The number of rotatable bonds is 3. The van der Waals surface area contributed by atoms with Gasteiger partial charge in [0.1, 0.15) is 10.6 Å². The molecule has 0 saturated heterocycles. The second-order valence-corrected chi connectivity index (χ2v) is 7.66. The number of aryl methyl sites for hydroxylation is 1. The van der Waals surface area contributed by atoms with Gasteiger partial charge in [0.2, 0.25) is 0 Å². The first-order valence-corrected chi connectivity index (χ1v) is 8.87. The van der Waals surface area contributed by atoms with Crippen LogP contribution in [0.1, 0.15) is 30.8 Å². The molecule has 1 aliphatic rings. The van der Waals surface area contributed by atoms with Crippen molar-refractivity contribution in [2.24, 2.45) is 0 Å². The van der Waals surface area contributed by atoms with Gasteiger partial charge in [-0.2, -0.15) is 0 Å². The Morgan fingerprint density at radius 3 is 2.80 bits per heavy atom. The number of fused-ring (bicyclic) bond motifs is 2. The Hall–Kier alpha value is -2.38. The number of anilines is 2. The fraction of sp³-hybridized carbons (Fsp3) is 0.278. The smallest absolute Gasteiger partial charge is 0.163 e. The first kappa shape index (κ1) is 16.1. The lowest BCUT2D eigenvalue weighted by molar-refractivity contribution is 0.0694. The summed E-state index contributed by atoms with van der Waals surface area (Å²) in [5, 5.41) is 14.7. The lowest BCUT2D eigenvalue weighted by atomic mass is 10.0. The van der Waals surface area contributed by atoms with Crippen molar-refractivity contribution in [2.75, 3.05) is 5.32 Å². The van der Waals surface area contributed by atoms with Gasteiger partial charge in [0.25, 0.3) is 0 Å². The van der Waals surface area contributed by atoms with Gasteiger partial charge in [-0.1, -0.05) is 17.8 Å². The lowest BCUT2D eigenvalue weighted by Gasteiger charge is -2.22. The van der Waals surface area contributed by atoms with Crippen molar-refractivity contribution in [1.82, 2.24) is 19.5 Å². The van der Waals surface area contributed by atoms with E-state index in [4.69, 9.17) is 0 Å². The van der Waals surface area contributed by atoms with E-state index in [0.29, 0.717) is 6.54 Å². The minimum Gasteiger partial charge on any atom is -0.384 e. The van der Waals surface area contributed by atoms with Gasteiger partial charge in [-0.05, 0) is 38.5 Å². The van der Waals surface area contributed by atoms with Crippen LogP contribution in [-0.4, -0.2) is 24.6 Å². The zero-order chi connectivity index (χ0) is 17.6. The van der Waals surface area contributed by atoms with E-state index < -0.39 is 5.60 Å². The molecule has 2 aromatic heterocycles. The van der Waals surface area contributed by atoms with E-state index in [9.17, 15) is 5.11 Å². The van der Waals surface area contributed by atoms with Gasteiger partial charge in [0, 0.05) is 23.8 Å².